The van der Waals surface area contributed by atoms with Gasteiger partial charge >= 0.3 is 0 Å². The van der Waals surface area contributed by atoms with E-state index < -0.39 is 0 Å². The van der Waals surface area contributed by atoms with Gasteiger partial charge < -0.3 is 20.4 Å². The van der Waals surface area contributed by atoms with Crippen molar-refractivity contribution in [3.63, 3.8) is 0 Å². The zero-order chi connectivity index (χ0) is 22.9. The van der Waals surface area contributed by atoms with Crippen molar-refractivity contribution < 1.29 is 4.42 Å². The molecule has 34 heavy (non-hydrogen) atoms. The van der Waals surface area contributed by atoms with Crippen LogP contribution in [0.5, 0.6) is 0 Å². The third-order valence-corrected chi connectivity index (χ3v) is 6.24. The number of nitrogens with two attached hydrogens (primary N) is 1. The van der Waals surface area contributed by atoms with Crippen LogP contribution in [0.15, 0.2) is 83.5 Å². The fourth-order valence-corrected chi connectivity index (χ4v) is 4.48. The van der Waals surface area contributed by atoms with E-state index in [2.05, 4.69) is 73.8 Å². The summed E-state index contributed by atoms with van der Waals surface area (Å²) in [6, 6.07) is 24.9. The van der Waals surface area contributed by atoms with E-state index in [9.17, 15) is 0 Å². The topological polar surface area (TPSA) is 97.5 Å². The summed E-state index contributed by atoms with van der Waals surface area (Å²) >= 11 is 0. The Hall–Kier alpha value is -4.33. The summed E-state index contributed by atoms with van der Waals surface area (Å²) in [6.45, 7) is 2.00. The number of nitrogens with zero attached hydrogens (tertiary/aromatic N) is 5. The van der Waals surface area contributed by atoms with Crippen LogP contribution in [-0.4, -0.2) is 38.7 Å². The first-order valence-electron chi connectivity index (χ1n) is 11.5. The lowest BCUT2D eigenvalue weighted by Gasteiger charge is -2.34. The molecule has 0 atom stereocenters. The normalized spacial score (nSPS) is 14.5. The monoisotopic (exact) mass is 451 g/mol. The standard InChI is InChI=1S/C26H25N7O/c27-26-29-22(17-24-30-25(31-33(24)26)23-10-5-15-34-23)18-6-4-9-21(16-18)32-13-11-20(12-14-32)28-19-7-2-1-3-8-19/h1-10,15-17,20,28H,11-14H2,(H2,27,29). The minimum atomic E-state index is 0.288. The van der Waals surface area contributed by atoms with E-state index in [1.54, 1.807) is 12.3 Å². The SMILES string of the molecule is Nc1nc(-c2cccc(N3CCC(Nc4ccccc4)CC3)c2)cc2nc(-c3ccco3)nn12. The van der Waals surface area contributed by atoms with Crippen molar-refractivity contribution in [3.05, 3.63) is 79.1 Å². The first-order chi connectivity index (χ1) is 16.7. The number of anilines is 3. The number of furan rings is 1. The second-order valence-electron chi connectivity index (χ2n) is 8.50. The molecule has 0 spiro atoms. The van der Waals surface area contributed by atoms with Gasteiger partial charge in [0, 0.05) is 42.1 Å². The Bertz CT molecular complexity index is 1400. The van der Waals surface area contributed by atoms with Crippen LogP contribution in [0, 0.1) is 0 Å². The molecule has 4 heterocycles. The van der Waals surface area contributed by atoms with E-state index >= 15 is 0 Å². The van der Waals surface area contributed by atoms with Crippen LogP contribution in [0.1, 0.15) is 12.8 Å². The number of para-hydroxylation sites is 1. The quantitative estimate of drug-likeness (QED) is 0.399. The Morgan fingerprint density at radius 1 is 0.912 bits per heavy atom. The maximum Gasteiger partial charge on any atom is 0.223 e. The summed E-state index contributed by atoms with van der Waals surface area (Å²) in [6.07, 6.45) is 3.78. The van der Waals surface area contributed by atoms with Crippen LogP contribution >= 0.6 is 0 Å². The molecule has 2 aromatic carbocycles. The summed E-state index contributed by atoms with van der Waals surface area (Å²) in [4.78, 5) is 11.6. The highest BCUT2D eigenvalue weighted by Gasteiger charge is 2.20. The average Bonchev–Trinajstić information content (AvgIpc) is 3.56. The van der Waals surface area contributed by atoms with Gasteiger partial charge in [0.25, 0.3) is 0 Å². The second kappa shape index (κ2) is 8.55. The van der Waals surface area contributed by atoms with E-state index in [4.69, 9.17) is 10.2 Å². The minimum Gasteiger partial charge on any atom is -0.461 e. The van der Waals surface area contributed by atoms with Gasteiger partial charge in [-0.15, -0.1) is 5.10 Å². The van der Waals surface area contributed by atoms with Crippen LogP contribution in [0.2, 0.25) is 0 Å². The predicted octanol–water partition coefficient (Wildman–Crippen LogP) is 4.71. The molecule has 1 aliphatic heterocycles. The third-order valence-electron chi connectivity index (χ3n) is 6.24. The van der Waals surface area contributed by atoms with E-state index in [0.29, 0.717) is 23.3 Å². The van der Waals surface area contributed by atoms with Crippen LogP contribution in [0.3, 0.4) is 0 Å². The van der Waals surface area contributed by atoms with Gasteiger partial charge in [0.05, 0.1) is 12.0 Å². The highest BCUT2D eigenvalue weighted by molar-refractivity contribution is 5.70. The first kappa shape index (κ1) is 20.3. The summed E-state index contributed by atoms with van der Waals surface area (Å²) in [5.74, 6) is 1.36. The summed E-state index contributed by atoms with van der Waals surface area (Å²) < 4.78 is 6.96. The van der Waals surface area contributed by atoms with Gasteiger partial charge in [0.1, 0.15) is 0 Å². The van der Waals surface area contributed by atoms with Gasteiger partial charge in [-0.3, -0.25) is 0 Å². The molecule has 8 nitrogen and oxygen atoms in total. The molecular weight excluding hydrogens is 426 g/mol. The average molecular weight is 452 g/mol. The number of rotatable bonds is 5. The molecule has 6 rings (SSSR count). The zero-order valence-electron chi connectivity index (χ0n) is 18.6. The van der Waals surface area contributed by atoms with Crippen molar-refractivity contribution in [1.29, 1.82) is 0 Å². The minimum absolute atomic E-state index is 0.288. The number of fused-ring (bicyclic) bond motifs is 1. The number of piperidine rings is 1. The maximum atomic E-state index is 6.22. The van der Waals surface area contributed by atoms with Gasteiger partial charge in [-0.05, 0) is 49.2 Å². The second-order valence-corrected chi connectivity index (χ2v) is 8.50. The molecule has 3 N–H and O–H groups in total. The molecule has 0 amide bonds. The largest absolute Gasteiger partial charge is 0.461 e. The van der Waals surface area contributed by atoms with Crippen LogP contribution in [0.25, 0.3) is 28.5 Å². The summed E-state index contributed by atoms with van der Waals surface area (Å²) in [7, 11) is 0. The highest BCUT2D eigenvalue weighted by atomic mass is 16.3. The number of aromatic nitrogens is 4. The summed E-state index contributed by atoms with van der Waals surface area (Å²) in [5, 5.41) is 8.08. The van der Waals surface area contributed by atoms with E-state index in [-0.39, 0.29) is 5.95 Å². The lowest BCUT2D eigenvalue weighted by Crippen LogP contribution is -2.39. The third kappa shape index (κ3) is 3.94. The fraction of sp³-hybridized carbons (Fsp3) is 0.192. The fourth-order valence-electron chi connectivity index (χ4n) is 4.48. The van der Waals surface area contributed by atoms with Gasteiger partial charge in [-0.25, -0.2) is 9.97 Å². The molecule has 170 valence electrons. The Kier molecular flexibility index (Phi) is 5.10. The molecule has 1 aliphatic rings. The van der Waals surface area contributed by atoms with Crippen LogP contribution in [0.4, 0.5) is 17.3 Å². The van der Waals surface area contributed by atoms with Crippen molar-refractivity contribution in [3.8, 4) is 22.8 Å². The van der Waals surface area contributed by atoms with Crippen molar-refractivity contribution in [2.45, 2.75) is 18.9 Å². The molecular formula is C26H25N7O. The molecule has 0 saturated carbocycles. The van der Waals surface area contributed by atoms with Crippen LogP contribution in [-0.2, 0) is 0 Å². The lowest BCUT2D eigenvalue weighted by atomic mass is 10.0. The van der Waals surface area contributed by atoms with Crippen molar-refractivity contribution in [2.75, 3.05) is 29.0 Å². The van der Waals surface area contributed by atoms with E-state index in [1.807, 2.05) is 18.2 Å². The molecule has 1 fully saturated rings. The van der Waals surface area contributed by atoms with Gasteiger partial charge in [-0.1, -0.05) is 30.3 Å². The molecule has 8 heteroatoms. The summed E-state index contributed by atoms with van der Waals surface area (Å²) in [5.41, 5.74) is 11.0. The molecule has 5 aromatic rings. The predicted molar refractivity (Wildman–Crippen MR) is 134 cm³/mol. The Labute approximate surface area is 197 Å². The van der Waals surface area contributed by atoms with Crippen molar-refractivity contribution >= 4 is 23.0 Å². The van der Waals surface area contributed by atoms with E-state index in [0.717, 1.165) is 37.2 Å². The highest BCUT2D eigenvalue weighted by Crippen LogP contribution is 2.28. The van der Waals surface area contributed by atoms with Gasteiger partial charge in [0.15, 0.2) is 11.4 Å². The number of hydrogen-bond acceptors (Lipinski definition) is 7. The molecule has 1 saturated heterocycles. The molecule has 0 radical (unpaired) electrons. The number of nitrogens with one attached hydrogen (secondary N) is 1. The molecule has 0 bridgehead atoms. The zero-order valence-corrected chi connectivity index (χ0v) is 18.6. The molecule has 3 aromatic heterocycles. The Balaban J connectivity index is 1.21. The molecule has 0 unspecified atom stereocenters. The first-order valence-corrected chi connectivity index (χ1v) is 11.5. The van der Waals surface area contributed by atoms with Gasteiger partial charge in [0.2, 0.25) is 11.8 Å². The van der Waals surface area contributed by atoms with Crippen LogP contribution < -0.4 is 16.0 Å². The number of nitrogen functional groups attached to an aromatic ring is 1. The Morgan fingerprint density at radius 2 is 1.76 bits per heavy atom. The van der Waals surface area contributed by atoms with Gasteiger partial charge in [-0.2, -0.15) is 4.52 Å². The smallest absolute Gasteiger partial charge is 0.223 e. The molecule has 0 aliphatic carbocycles. The van der Waals surface area contributed by atoms with Crippen molar-refractivity contribution in [1.82, 2.24) is 19.6 Å². The van der Waals surface area contributed by atoms with Crippen molar-refractivity contribution in [2.24, 2.45) is 0 Å². The van der Waals surface area contributed by atoms with E-state index in [1.165, 1.54) is 15.9 Å². The number of hydrogen-bond donors (Lipinski definition) is 2. The Morgan fingerprint density at radius 3 is 2.56 bits per heavy atom. The maximum absolute atomic E-state index is 6.22. The lowest BCUT2D eigenvalue weighted by molar-refractivity contribution is 0.527. The number of benzene rings is 2.